The van der Waals surface area contributed by atoms with Crippen LogP contribution in [0.15, 0.2) is 0 Å². The van der Waals surface area contributed by atoms with E-state index >= 15 is 0 Å². The Kier molecular flexibility index (Phi) is 1.73. The molecule has 0 aromatic heterocycles. The van der Waals surface area contributed by atoms with Crippen molar-refractivity contribution in [3.8, 4) is 0 Å². The van der Waals surface area contributed by atoms with Crippen LogP contribution in [-0.2, 0) is 14.5 Å². The monoisotopic (exact) mass is 243 g/mol. The fourth-order valence-electron chi connectivity index (χ4n) is 5.02. The molecule has 4 nitrogen and oxygen atoms in total. The first kappa shape index (κ1) is 9.85. The van der Waals surface area contributed by atoms with Crippen molar-refractivity contribution in [1.29, 1.82) is 0 Å². The van der Waals surface area contributed by atoms with E-state index in [4.69, 9.17) is 4.18 Å². The molecule has 4 bridgehead atoms. The molecule has 3 unspecified atom stereocenters. The molecule has 0 aromatic rings. The maximum absolute atomic E-state index is 11.5. The summed E-state index contributed by atoms with van der Waals surface area (Å²) in [4.78, 5) is 0. The summed E-state index contributed by atoms with van der Waals surface area (Å²) in [6.07, 6.45) is 6.18. The Morgan fingerprint density at radius 3 is 2.50 bits per heavy atom. The van der Waals surface area contributed by atoms with Crippen LogP contribution in [0.5, 0.6) is 0 Å². The Bertz CT molecular complexity index is 419. The Morgan fingerprint density at radius 1 is 1.12 bits per heavy atom. The molecule has 1 heterocycles. The minimum atomic E-state index is -3.45. The molecular weight excluding hydrogens is 226 g/mol. The van der Waals surface area contributed by atoms with Gasteiger partial charge >= 0.3 is 10.3 Å². The van der Waals surface area contributed by atoms with Gasteiger partial charge in [-0.05, 0) is 49.9 Å². The van der Waals surface area contributed by atoms with Crippen molar-refractivity contribution in [1.82, 2.24) is 4.72 Å². The van der Waals surface area contributed by atoms with Gasteiger partial charge in [-0.3, -0.25) is 4.18 Å². The Balaban J connectivity index is 1.75. The van der Waals surface area contributed by atoms with Gasteiger partial charge in [-0.1, -0.05) is 0 Å². The molecule has 3 atom stereocenters. The lowest BCUT2D eigenvalue weighted by Crippen LogP contribution is -2.66. The van der Waals surface area contributed by atoms with E-state index in [9.17, 15) is 8.42 Å². The normalized spacial score (nSPS) is 57.2. The largest absolute Gasteiger partial charge is 0.336 e. The minimum Gasteiger partial charge on any atom is -0.257 e. The van der Waals surface area contributed by atoms with Crippen molar-refractivity contribution in [2.45, 2.75) is 38.1 Å². The van der Waals surface area contributed by atoms with Gasteiger partial charge in [0.15, 0.2) is 0 Å². The highest BCUT2D eigenvalue weighted by Gasteiger charge is 2.60. The number of hydrogen-bond donors (Lipinski definition) is 1. The van der Waals surface area contributed by atoms with Crippen LogP contribution < -0.4 is 4.72 Å². The zero-order chi connectivity index (χ0) is 11.0. The van der Waals surface area contributed by atoms with E-state index in [1.54, 1.807) is 0 Å². The van der Waals surface area contributed by atoms with E-state index in [0.717, 1.165) is 11.8 Å². The molecule has 0 radical (unpaired) electrons. The number of hydrogen-bond acceptors (Lipinski definition) is 3. The third kappa shape index (κ3) is 1.19. The molecule has 5 heteroatoms. The first-order valence-electron chi connectivity index (χ1n) is 6.23. The quantitative estimate of drug-likeness (QED) is 0.692. The topological polar surface area (TPSA) is 55.4 Å². The molecule has 90 valence electrons. The highest BCUT2D eigenvalue weighted by Crippen LogP contribution is 2.61. The molecule has 4 saturated carbocycles. The van der Waals surface area contributed by atoms with Gasteiger partial charge in [0.1, 0.15) is 0 Å². The van der Waals surface area contributed by atoms with Gasteiger partial charge in [-0.25, -0.2) is 0 Å². The summed E-state index contributed by atoms with van der Waals surface area (Å²) in [5.41, 5.74) is 0.139. The van der Waals surface area contributed by atoms with E-state index in [2.05, 4.69) is 4.72 Å². The third-order valence-corrected chi connectivity index (χ3v) is 6.20. The lowest BCUT2D eigenvalue weighted by molar-refractivity contribution is -0.108. The van der Waals surface area contributed by atoms with Gasteiger partial charge in [0.25, 0.3) is 0 Å². The molecule has 1 spiro atoms. The fourth-order valence-corrected chi connectivity index (χ4v) is 6.23. The highest BCUT2D eigenvalue weighted by molar-refractivity contribution is 7.84. The molecular formula is C11H17NO3S. The molecule has 5 rings (SSSR count). The summed E-state index contributed by atoms with van der Waals surface area (Å²) < 4.78 is 30.8. The first-order valence-corrected chi connectivity index (χ1v) is 7.64. The zero-order valence-electron chi connectivity index (χ0n) is 9.19. The van der Waals surface area contributed by atoms with Crippen molar-refractivity contribution in [2.75, 3.05) is 6.61 Å². The van der Waals surface area contributed by atoms with Gasteiger partial charge < -0.3 is 0 Å². The SMILES string of the molecule is O=S1(=O)NC2C3CC4CC(C3)CC2(CO1)C4. The molecule has 1 N–H and O–H groups in total. The first-order chi connectivity index (χ1) is 7.56. The summed E-state index contributed by atoms with van der Waals surface area (Å²) in [5, 5.41) is 0. The lowest BCUT2D eigenvalue weighted by Gasteiger charge is -2.62. The highest BCUT2D eigenvalue weighted by atomic mass is 32.2. The molecule has 5 aliphatic rings. The summed E-state index contributed by atoms with van der Waals surface area (Å²) in [6.45, 7) is 0.427. The summed E-state index contributed by atoms with van der Waals surface area (Å²) in [7, 11) is -3.45. The second kappa shape index (κ2) is 2.82. The third-order valence-electron chi connectivity index (χ3n) is 5.23. The summed E-state index contributed by atoms with van der Waals surface area (Å²) in [6, 6.07) is 0.166. The van der Waals surface area contributed by atoms with Gasteiger partial charge in [-0.2, -0.15) is 13.1 Å². The van der Waals surface area contributed by atoms with E-state index < -0.39 is 10.3 Å². The van der Waals surface area contributed by atoms with Gasteiger partial charge in [0, 0.05) is 11.5 Å². The zero-order valence-corrected chi connectivity index (χ0v) is 10.0. The predicted molar refractivity (Wildman–Crippen MR) is 57.8 cm³/mol. The average Bonchev–Trinajstić information content (AvgIpc) is 2.19. The van der Waals surface area contributed by atoms with Crippen molar-refractivity contribution < 1.29 is 12.6 Å². The van der Waals surface area contributed by atoms with Gasteiger partial charge in [0.2, 0.25) is 0 Å². The van der Waals surface area contributed by atoms with Crippen LogP contribution in [0.1, 0.15) is 32.1 Å². The molecule has 0 aromatic carbocycles. The fraction of sp³-hybridized carbons (Fsp3) is 1.00. The lowest BCUT2D eigenvalue weighted by atomic mass is 9.48. The maximum atomic E-state index is 11.5. The molecule has 16 heavy (non-hydrogen) atoms. The molecule has 1 saturated heterocycles. The van der Waals surface area contributed by atoms with Crippen LogP contribution in [0.25, 0.3) is 0 Å². The van der Waals surface area contributed by atoms with Gasteiger partial charge in [0.05, 0.1) is 6.61 Å². The van der Waals surface area contributed by atoms with Crippen LogP contribution in [0.3, 0.4) is 0 Å². The van der Waals surface area contributed by atoms with E-state index in [-0.39, 0.29) is 11.5 Å². The van der Waals surface area contributed by atoms with E-state index in [1.165, 1.54) is 32.1 Å². The summed E-state index contributed by atoms with van der Waals surface area (Å²) in [5.74, 6) is 2.24. The second-order valence-corrected chi connectivity index (χ2v) is 7.66. The van der Waals surface area contributed by atoms with Crippen LogP contribution >= 0.6 is 0 Å². The van der Waals surface area contributed by atoms with Crippen LogP contribution in [0.4, 0.5) is 0 Å². The van der Waals surface area contributed by atoms with Crippen molar-refractivity contribution in [2.24, 2.45) is 23.2 Å². The van der Waals surface area contributed by atoms with Crippen LogP contribution in [0.2, 0.25) is 0 Å². The number of rotatable bonds is 0. The average molecular weight is 243 g/mol. The van der Waals surface area contributed by atoms with E-state index in [0.29, 0.717) is 12.5 Å². The van der Waals surface area contributed by atoms with Crippen molar-refractivity contribution in [3.63, 3.8) is 0 Å². The predicted octanol–water partition coefficient (Wildman–Crippen LogP) is 1.05. The Hall–Kier alpha value is -0.130. The molecule has 1 aliphatic heterocycles. The van der Waals surface area contributed by atoms with Crippen LogP contribution in [0, 0.1) is 23.2 Å². The van der Waals surface area contributed by atoms with Crippen molar-refractivity contribution >= 4 is 10.3 Å². The summed E-state index contributed by atoms with van der Waals surface area (Å²) >= 11 is 0. The smallest absolute Gasteiger partial charge is 0.257 e. The van der Waals surface area contributed by atoms with Crippen molar-refractivity contribution in [3.05, 3.63) is 0 Å². The minimum absolute atomic E-state index is 0.139. The maximum Gasteiger partial charge on any atom is 0.336 e. The molecule has 4 aliphatic carbocycles. The Morgan fingerprint density at radius 2 is 1.81 bits per heavy atom. The Labute approximate surface area is 96.0 Å². The standard InChI is InChI=1S/C11H17NO3S/c13-16(14)12-10-9-2-7-1-8(3-9)5-11(10,4-7)6-15-16/h7-10,12H,1-6H2. The van der Waals surface area contributed by atoms with E-state index in [1.807, 2.05) is 0 Å². The van der Waals surface area contributed by atoms with Crippen LogP contribution in [-0.4, -0.2) is 21.1 Å². The van der Waals surface area contributed by atoms with Gasteiger partial charge in [-0.15, -0.1) is 0 Å². The molecule has 5 fully saturated rings. The second-order valence-electron chi connectivity index (χ2n) is 6.28. The number of nitrogens with one attached hydrogen (secondary N) is 1. The molecule has 0 amide bonds.